The molecule has 0 saturated heterocycles. The van der Waals surface area contributed by atoms with E-state index in [2.05, 4.69) is 24.3 Å². The maximum absolute atomic E-state index is 11.0. The summed E-state index contributed by atoms with van der Waals surface area (Å²) in [5.74, 6) is 0.525. The van der Waals surface area contributed by atoms with Gasteiger partial charge in [0, 0.05) is 5.92 Å². The molecule has 0 aliphatic heterocycles. The van der Waals surface area contributed by atoms with Crippen molar-refractivity contribution in [1.29, 1.82) is 0 Å². The summed E-state index contributed by atoms with van der Waals surface area (Å²) in [6.45, 7) is 3.68. The second-order valence-electron chi connectivity index (χ2n) is 3.89. The topological polar surface area (TPSA) is 17.1 Å². The first-order chi connectivity index (χ1) is 6.70. The van der Waals surface area contributed by atoms with Crippen molar-refractivity contribution in [2.45, 2.75) is 33.1 Å². The van der Waals surface area contributed by atoms with E-state index in [-0.39, 0.29) is 5.92 Å². The van der Waals surface area contributed by atoms with E-state index in [1.54, 1.807) is 6.92 Å². The Morgan fingerprint density at radius 1 is 1.29 bits per heavy atom. The van der Waals surface area contributed by atoms with Crippen molar-refractivity contribution in [3.63, 3.8) is 0 Å². The van der Waals surface area contributed by atoms with Crippen molar-refractivity contribution in [1.82, 2.24) is 0 Å². The molecule has 76 valence electrons. The van der Waals surface area contributed by atoms with E-state index in [9.17, 15) is 4.79 Å². The molecule has 1 heteroatoms. The second-order valence-corrected chi connectivity index (χ2v) is 3.89. The van der Waals surface area contributed by atoms with Crippen LogP contribution in [0.3, 0.4) is 0 Å². The third-order valence-electron chi connectivity index (χ3n) is 2.64. The predicted octanol–water partition coefficient (Wildman–Crippen LogP) is 3.23. The molecule has 1 aromatic rings. The fourth-order valence-corrected chi connectivity index (χ4v) is 1.46. The molecule has 0 aromatic heterocycles. The summed E-state index contributed by atoms with van der Waals surface area (Å²) in [5, 5.41) is 0. The van der Waals surface area contributed by atoms with E-state index in [1.165, 1.54) is 5.56 Å². The zero-order chi connectivity index (χ0) is 10.4. The molecule has 0 bridgehead atoms. The molecule has 0 radical (unpaired) electrons. The molecule has 1 rings (SSSR count). The number of hydrogen-bond donors (Lipinski definition) is 0. The molecule has 0 heterocycles. The average molecular weight is 190 g/mol. The van der Waals surface area contributed by atoms with E-state index in [1.807, 2.05) is 13.0 Å². The number of hydrogen-bond acceptors (Lipinski definition) is 1. The van der Waals surface area contributed by atoms with Gasteiger partial charge in [-0.3, -0.25) is 4.79 Å². The summed E-state index contributed by atoms with van der Waals surface area (Å²) in [7, 11) is 0. The number of ketones is 1. The Morgan fingerprint density at radius 2 is 1.93 bits per heavy atom. The van der Waals surface area contributed by atoms with Crippen LogP contribution in [0.4, 0.5) is 0 Å². The van der Waals surface area contributed by atoms with Crippen LogP contribution in [-0.4, -0.2) is 5.78 Å². The number of carbonyl (C=O) groups excluding carboxylic acids is 1. The summed E-state index contributed by atoms with van der Waals surface area (Å²) >= 11 is 0. The van der Waals surface area contributed by atoms with Gasteiger partial charge >= 0.3 is 0 Å². The van der Waals surface area contributed by atoms with Crippen molar-refractivity contribution >= 4 is 5.78 Å². The van der Waals surface area contributed by atoms with Crippen LogP contribution in [0.15, 0.2) is 30.3 Å². The molecule has 0 fully saturated rings. The van der Waals surface area contributed by atoms with Crippen LogP contribution in [0.5, 0.6) is 0 Å². The molecule has 1 aromatic carbocycles. The minimum atomic E-state index is 0.221. The molecule has 0 saturated carbocycles. The standard InChI is InChI=1S/C13H18O/c1-11(12(2)14)7-6-10-13-8-4-3-5-9-13/h3-5,8-9,11H,6-7,10H2,1-2H3/t11-/m1/s1. The van der Waals surface area contributed by atoms with Crippen molar-refractivity contribution in [3.05, 3.63) is 35.9 Å². The van der Waals surface area contributed by atoms with Crippen LogP contribution >= 0.6 is 0 Å². The summed E-state index contributed by atoms with van der Waals surface area (Å²) in [6.07, 6.45) is 3.19. The van der Waals surface area contributed by atoms with Crippen LogP contribution in [0.25, 0.3) is 0 Å². The fourth-order valence-electron chi connectivity index (χ4n) is 1.46. The number of carbonyl (C=O) groups is 1. The summed E-state index contributed by atoms with van der Waals surface area (Å²) in [6, 6.07) is 10.4. The van der Waals surface area contributed by atoms with Gasteiger partial charge in [-0.05, 0) is 31.7 Å². The molecule has 14 heavy (non-hydrogen) atoms. The molecule has 1 nitrogen and oxygen atoms in total. The van der Waals surface area contributed by atoms with Crippen LogP contribution in [-0.2, 0) is 11.2 Å². The molecular weight excluding hydrogens is 172 g/mol. The molecule has 0 aliphatic carbocycles. The van der Waals surface area contributed by atoms with Gasteiger partial charge in [-0.2, -0.15) is 0 Å². The Balaban J connectivity index is 2.26. The smallest absolute Gasteiger partial charge is 0.132 e. The van der Waals surface area contributed by atoms with E-state index in [0.717, 1.165) is 19.3 Å². The maximum Gasteiger partial charge on any atom is 0.132 e. The Hall–Kier alpha value is -1.11. The molecule has 0 unspecified atom stereocenters. The lowest BCUT2D eigenvalue weighted by Gasteiger charge is -2.06. The van der Waals surface area contributed by atoms with Gasteiger partial charge in [0.2, 0.25) is 0 Å². The van der Waals surface area contributed by atoms with Crippen LogP contribution in [0.1, 0.15) is 32.3 Å². The van der Waals surface area contributed by atoms with Gasteiger partial charge in [-0.15, -0.1) is 0 Å². The first-order valence-corrected chi connectivity index (χ1v) is 5.24. The third kappa shape index (κ3) is 3.73. The molecule has 0 N–H and O–H groups in total. The minimum absolute atomic E-state index is 0.221. The summed E-state index contributed by atoms with van der Waals surface area (Å²) < 4.78 is 0. The normalized spacial score (nSPS) is 12.4. The fraction of sp³-hybridized carbons (Fsp3) is 0.462. The molecular formula is C13H18O. The molecule has 0 aliphatic rings. The van der Waals surface area contributed by atoms with Gasteiger partial charge in [0.1, 0.15) is 5.78 Å². The highest BCUT2D eigenvalue weighted by Crippen LogP contribution is 2.10. The van der Waals surface area contributed by atoms with Gasteiger partial charge in [0.25, 0.3) is 0 Å². The third-order valence-corrected chi connectivity index (χ3v) is 2.64. The predicted molar refractivity (Wildman–Crippen MR) is 59.2 cm³/mol. The Bertz CT molecular complexity index is 277. The van der Waals surface area contributed by atoms with Gasteiger partial charge in [-0.25, -0.2) is 0 Å². The monoisotopic (exact) mass is 190 g/mol. The lowest BCUT2D eigenvalue weighted by atomic mass is 9.98. The van der Waals surface area contributed by atoms with E-state index in [4.69, 9.17) is 0 Å². The Morgan fingerprint density at radius 3 is 2.50 bits per heavy atom. The zero-order valence-corrected chi connectivity index (χ0v) is 8.99. The highest BCUT2D eigenvalue weighted by molar-refractivity contribution is 5.77. The SMILES string of the molecule is CC(=O)[C@H](C)CCCc1ccccc1. The number of Topliss-reactive ketones (excluding diaryl/α,β-unsaturated/α-hetero) is 1. The van der Waals surface area contributed by atoms with Gasteiger partial charge in [-0.1, -0.05) is 37.3 Å². The zero-order valence-electron chi connectivity index (χ0n) is 8.99. The number of aryl methyl sites for hydroxylation is 1. The van der Waals surface area contributed by atoms with Gasteiger partial charge in [0.05, 0.1) is 0 Å². The van der Waals surface area contributed by atoms with E-state index in [0.29, 0.717) is 5.78 Å². The lowest BCUT2D eigenvalue weighted by molar-refractivity contribution is -0.120. The second kappa shape index (κ2) is 5.58. The Kier molecular flexibility index (Phi) is 4.37. The Labute approximate surface area is 86.1 Å². The summed E-state index contributed by atoms with van der Waals surface area (Å²) in [5.41, 5.74) is 1.36. The van der Waals surface area contributed by atoms with Crippen molar-refractivity contribution in [3.8, 4) is 0 Å². The van der Waals surface area contributed by atoms with Crippen molar-refractivity contribution < 1.29 is 4.79 Å². The lowest BCUT2D eigenvalue weighted by Crippen LogP contribution is -2.06. The quantitative estimate of drug-likeness (QED) is 0.696. The van der Waals surface area contributed by atoms with Crippen molar-refractivity contribution in [2.24, 2.45) is 5.92 Å². The summed E-state index contributed by atoms with van der Waals surface area (Å²) in [4.78, 5) is 11.0. The average Bonchev–Trinajstić information content (AvgIpc) is 2.19. The van der Waals surface area contributed by atoms with E-state index < -0.39 is 0 Å². The molecule has 0 amide bonds. The maximum atomic E-state index is 11.0. The first kappa shape index (κ1) is 11.0. The molecule has 0 spiro atoms. The van der Waals surface area contributed by atoms with Crippen LogP contribution < -0.4 is 0 Å². The van der Waals surface area contributed by atoms with Crippen molar-refractivity contribution in [2.75, 3.05) is 0 Å². The highest BCUT2D eigenvalue weighted by atomic mass is 16.1. The number of rotatable bonds is 5. The van der Waals surface area contributed by atoms with Crippen LogP contribution in [0, 0.1) is 5.92 Å². The first-order valence-electron chi connectivity index (χ1n) is 5.24. The molecule has 1 atom stereocenters. The van der Waals surface area contributed by atoms with Gasteiger partial charge < -0.3 is 0 Å². The minimum Gasteiger partial charge on any atom is -0.300 e. The van der Waals surface area contributed by atoms with Gasteiger partial charge in [0.15, 0.2) is 0 Å². The van der Waals surface area contributed by atoms with E-state index >= 15 is 0 Å². The number of benzene rings is 1. The highest BCUT2D eigenvalue weighted by Gasteiger charge is 2.06. The largest absolute Gasteiger partial charge is 0.300 e. The van der Waals surface area contributed by atoms with Crippen LogP contribution in [0.2, 0.25) is 0 Å².